The first-order valence-corrected chi connectivity index (χ1v) is 6.90. The summed E-state index contributed by atoms with van der Waals surface area (Å²) >= 11 is 6.37. The predicted octanol–water partition coefficient (Wildman–Crippen LogP) is 2.37. The van der Waals surface area contributed by atoms with E-state index in [2.05, 4.69) is 47.3 Å². The van der Waals surface area contributed by atoms with Crippen molar-refractivity contribution in [2.45, 2.75) is 13.0 Å². The Morgan fingerprint density at radius 3 is 2.44 bits per heavy atom. The lowest BCUT2D eigenvalue weighted by Gasteiger charge is -2.34. The van der Waals surface area contributed by atoms with E-state index in [1.807, 2.05) is 7.05 Å². The molecule has 0 radical (unpaired) electrons. The molecule has 3 nitrogen and oxygen atoms in total. The van der Waals surface area contributed by atoms with Crippen LogP contribution in [0.1, 0.15) is 18.5 Å². The van der Waals surface area contributed by atoms with Gasteiger partial charge in [0.2, 0.25) is 0 Å². The molecule has 2 rings (SSSR count). The topological polar surface area (TPSA) is 18.5 Å². The third-order valence-electron chi connectivity index (χ3n) is 3.75. The van der Waals surface area contributed by atoms with Crippen molar-refractivity contribution in [2.24, 2.45) is 0 Å². The summed E-state index contributed by atoms with van der Waals surface area (Å²) in [4.78, 5) is 4.76. The lowest BCUT2D eigenvalue weighted by atomic mass is 10.1. The van der Waals surface area contributed by atoms with Gasteiger partial charge in [-0.25, -0.2) is 0 Å². The third-order valence-corrected chi connectivity index (χ3v) is 4.08. The van der Waals surface area contributed by atoms with Gasteiger partial charge in [0.1, 0.15) is 0 Å². The minimum atomic E-state index is 0.291. The molecule has 1 aromatic rings. The van der Waals surface area contributed by atoms with Crippen LogP contribution in [-0.4, -0.2) is 45.2 Å². The largest absolute Gasteiger partial charge is 0.369 e. The number of halogens is 1. The van der Waals surface area contributed by atoms with E-state index >= 15 is 0 Å². The Balaban J connectivity index is 2.13. The molecule has 0 amide bonds. The molecule has 1 aliphatic heterocycles. The zero-order valence-electron chi connectivity index (χ0n) is 11.4. The van der Waals surface area contributed by atoms with Gasteiger partial charge in [-0.1, -0.05) is 17.7 Å². The zero-order valence-corrected chi connectivity index (χ0v) is 12.2. The van der Waals surface area contributed by atoms with Gasteiger partial charge in [-0.2, -0.15) is 0 Å². The van der Waals surface area contributed by atoms with Crippen molar-refractivity contribution in [2.75, 3.05) is 45.2 Å². The fourth-order valence-electron chi connectivity index (χ4n) is 2.28. The van der Waals surface area contributed by atoms with Crippen LogP contribution in [0.4, 0.5) is 5.69 Å². The van der Waals surface area contributed by atoms with Crippen LogP contribution in [0.25, 0.3) is 0 Å². The van der Waals surface area contributed by atoms with Gasteiger partial charge in [-0.05, 0) is 38.7 Å². The van der Waals surface area contributed by atoms with Gasteiger partial charge < -0.3 is 15.1 Å². The molecule has 0 aromatic heterocycles. The molecule has 4 heteroatoms. The van der Waals surface area contributed by atoms with E-state index in [1.165, 1.54) is 5.69 Å². The van der Waals surface area contributed by atoms with Gasteiger partial charge in [0.05, 0.1) is 0 Å². The summed E-state index contributed by atoms with van der Waals surface area (Å²) in [6.45, 7) is 6.51. The molecule has 18 heavy (non-hydrogen) atoms. The highest BCUT2D eigenvalue weighted by Crippen LogP contribution is 2.28. The highest BCUT2D eigenvalue weighted by molar-refractivity contribution is 6.31. The van der Waals surface area contributed by atoms with E-state index in [1.54, 1.807) is 0 Å². The van der Waals surface area contributed by atoms with Crippen LogP contribution < -0.4 is 10.2 Å². The van der Waals surface area contributed by atoms with Gasteiger partial charge in [-0.15, -0.1) is 0 Å². The molecule has 1 saturated heterocycles. The summed E-state index contributed by atoms with van der Waals surface area (Å²) in [5.41, 5.74) is 2.40. The summed E-state index contributed by atoms with van der Waals surface area (Å²) in [7, 11) is 4.12. The molecule has 0 aliphatic carbocycles. The van der Waals surface area contributed by atoms with E-state index in [0.717, 1.165) is 36.8 Å². The molecule has 0 bridgehead atoms. The Bertz CT molecular complexity index is 400. The second kappa shape index (κ2) is 5.91. The van der Waals surface area contributed by atoms with Crippen molar-refractivity contribution < 1.29 is 0 Å². The van der Waals surface area contributed by atoms with Crippen LogP contribution in [0.5, 0.6) is 0 Å². The SMILES string of the molecule is CNC(C)c1ccc(N2CCN(C)CC2)cc1Cl. The lowest BCUT2D eigenvalue weighted by Crippen LogP contribution is -2.44. The Morgan fingerprint density at radius 1 is 1.22 bits per heavy atom. The molecular formula is C14H22ClN3. The monoisotopic (exact) mass is 267 g/mol. The first-order valence-electron chi connectivity index (χ1n) is 6.52. The zero-order chi connectivity index (χ0) is 13.1. The second-order valence-corrected chi connectivity index (χ2v) is 5.41. The number of rotatable bonds is 3. The fraction of sp³-hybridized carbons (Fsp3) is 0.571. The van der Waals surface area contributed by atoms with Crippen LogP contribution >= 0.6 is 11.6 Å². The number of piperazine rings is 1. The standard InChI is InChI=1S/C14H22ClN3/c1-11(16-2)13-5-4-12(10-14(13)15)18-8-6-17(3)7-9-18/h4-5,10-11,16H,6-9H2,1-3H3. The Morgan fingerprint density at radius 2 is 1.89 bits per heavy atom. The summed E-state index contributed by atoms with van der Waals surface area (Å²) in [5, 5.41) is 4.08. The summed E-state index contributed by atoms with van der Waals surface area (Å²) in [5.74, 6) is 0. The predicted molar refractivity (Wildman–Crippen MR) is 78.6 cm³/mol. The Hall–Kier alpha value is -0.770. The molecule has 1 heterocycles. The van der Waals surface area contributed by atoms with Crippen LogP contribution in [0.3, 0.4) is 0 Å². The summed E-state index contributed by atoms with van der Waals surface area (Å²) < 4.78 is 0. The quantitative estimate of drug-likeness (QED) is 0.907. The van der Waals surface area contributed by atoms with Crippen LogP contribution in [0.15, 0.2) is 18.2 Å². The van der Waals surface area contributed by atoms with Crippen molar-refractivity contribution in [3.8, 4) is 0 Å². The number of likely N-dealkylation sites (N-methyl/N-ethyl adjacent to an activating group) is 1. The van der Waals surface area contributed by atoms with Crippen molar-refractivity contribution in [1.29, 1.82) is 0 Å². The van der Waals surface area contributed by atoms with Crippen LogP contribution in [-0.2, 0) is 0 Å². The maximum atomic E-state index is 6.37. The van der Waals surface area contributed by atoms with Crippen LogP contribution in [0.2, 0.25) is 5.02 Å². The molecule has 0 spiro atoms. The third kappa shape index (κ3) is 2.97. The van der Waals surface area contributed by atoms with E-state index < -0.39 is 0 Å². The fourth-order valence-corrected chi connectivity index (χ4v) is 2.62. The van der Waals surface area contributed by atoms with Gasteiger partial charge in [-0.3, -0.25) is 0 Å². The maximum Gasteiger partial charge on any atom is 0.0474 e. The molecule has 0 saturated carbocycles. The van der Waals surface area contributed by atoms with Gasteiger partial charge in [0, 0.05) is 42.9 Å². The number of benzene rings is 1. The summed E-state index contributed by atoms with van der Waals surface area (Å²) in [6, 6.07) is 6.70. The van der Waals surface area contributed by atoms with Crippen molar-refractivity contribution >= 4 is 17.3 Å². The van der Waals surface area contributed by atoms with E-state index in [9.17, 15) is 0 Å². The van der Waals surface area contributed by atoms with Gasteiger partial charge in [0.25, 0.3) is 0 Å². The number of anilines is 1. The van der Waals surface area contributed by atoms with Crippen molar-refractivity contribution in [3.63, 3.8) is 0 Å². The lowest BCUT2D eigenvalue weighted by molar-refractivity contribution is 0.313. The highest BCUT2D eigenvalue weighted by atomic mass is 35.5. The number of nitrogens with zero attached hydrogens (tertiary/aromatic N) is 2. The molecule has 1 aliphatic rings. The number of hydrogen-bond acceptors (Lipinski definition) is 3. The molecule has 1 fully saturated rings. The molecular weight excluding hydrogens is 246 g/mol. The first kappa shape index (κ1) is 13.7. The highest BCUT2D eigenvalue weighted by Gasteiger charge is 2.16. The van der Waals surface area contributed by atoms with E-state index in [0.29, 0.717) is 6.04 Å². The molecule has 100 valence electrons. The number of nitrogens with one attached hydrogen (secondary N) is 1. The molecule has 1 aromatic carbocycles. The summed E-state index contributed by atoms with van der Waals surface area (Å²) in [6.07, 6.45) is 0. The Labute approximate surface area is 115 Å². The molecule has 1 atom stereocenters. The van der Waals surface area contributed by atoms with Crippen LogP contribution in [0, 0.1) is 0 Å². The minimum absolute atomic E-state index is 0.291. The normalized spacial score (nSPS) is 19.0. The van der Waals surface area contributed by atoms with E-state index in [4.69, 9.17) is 11.6 Å². The Kier molecular flexibility index (Phi) is 4.49. The first-order chi connectivity index (χ1) is 8.61. The second-order valence-electron chi connectivity index (χ2n) is 5.01. The molecule has 1 unspecified atom stereocenters. The van der Waals surface area contributed by atoms with Gasteiger partial charge in [0.15, 0.2) is 0 Å². The smallest absolute Gasteiger partial charge is 0.0474 e. The average Bonchev–Trinajstić information content (AvgIpc) is 2.38. The average molecular weight is 268 g/mol. The van der Waals surface area contributed by atoms with Crippen molar-refractivity contribution in [1.82, 2.24) is 10.2 Å². The van der Waals surface area contributed by atoms with Crippen molar-refractivity contribution in [3.05, 3.63) is 28.8 Å². The maximum absolute atomic E-state index is 6.37. The molecule has 1 N–H and O–H groups in total. The minimum Gasteiger partial charge on any atom is -0.369 e. The number of hydrogen-bond donors (Lipinski definition) is 1. The van der Waals surface area contributed by atoms with Gasteiger partial charge >= 0.3 is 0 Å². The van der Waals surface area contributed by atoms with E-state index in [-0.39, 0.29) is 0 Å².